The summed E-state index contributed by atoms with van der Waals surface area (Å²) < 4.78 is 45.2. The molecule has 0 bridgehead atoms. The highest BCUT2D eigenvalue weighted by Gasteiger charge is 2.32. The first-order chi connectivity index (χ1) is 10.6. The van der Waals surface area contributed by atoms with Crippen molar-refractivity contribution in [3.05, 3.63) is 23.3 Å². The van der Waals surface area contributed by atoms with Crippen LogP contribution in [0.4, 0.5) is 13.2 Å². The van der Waals surface area contributed by atoms with Gasteiger partial charge in [0.2, 0.25) is 0 Å². The number of ether oxygens (including phenoxy) is 1. The number of hydrogen-bond acceptors (Lipinski definition) is 4. The summed E-state index contributed by atoms with van der Waals surface area (Å²) in [6.45, 7) is 7.22. The van der Waals surface area contributed by atoms with Gasteiger partial charge < -0.3 is 4.74 Å². The Bertz CT molecular complexity index is 708. The Balaban J connectivity index is 2.24. The van der Waals surface area contributed by atoms with Gasteiger partial charge in [-0.25, -0.2) is 4.68 Å². The van der Waals surface area contributed by atoms with Crippen LogP contribution >= 0.6 is 0 Å². The van der Waals surface area contributed by atoms with E-state index in [0.29, 0.717) is 12.9 Å². The number of carbonyl (C=O) groups excluding carboxylic acids is 1. The van der Waals surface area contributed by atoms with Crippen LogP contribution in [0.3, 0.4) is 0 Å². The minimum absolute atomic E-state index is 0.0238. The van der Waals surface area contributed by atoms with E-state index in [-0.39, 0.29) is 23.3 Å². The molecule has 0 atom stereocenters. The van der Waals surface area contributed by atoms with Gasteiger partial charge in [-0.05, 0) is 12.1 Å². The summed E-state index contributed by atoms with van der Waals surface area (Å²) in [5.74, 6) is 0. The molecule has 1 aromatic carbocycles. The van der Waals surface area contributed by atoms with Crippen LogP contribution in [0.25, 0.3) is 11.0 Å². The molecule has 0 saturated carbocycles. The maximum atomic E-state index is 12.8. The molecule has 0 spiro atoms. The largest absolute Gasteiger partial charge is 0.416 e. The van der Waals surface area contributed by atoms with Crippen LogP contribution in [0.1, 0.15) is 15.9 Å². The number of rotatable bonds is 6. The third-order valence-electron chi connectivity index (χ3n) is 3.30. The van der Waals surface area contributed by atoms with Crippen molar-refractivity contribution in [2.75, 3.05) is 6.61 Å². The molecule has 1 heterocycles. The van der Waals surface area contributed by atoms with Crippen molar-refractivity contribution in [2.45, 2.75) is 38.6 Å². The van der Waals surface area contributed by atoms with E-state index in [0.717, 1.165) is 18.2 Å². The fraction of sp³-hybridized carbons (Fsp3) is 0.500. The topological polar surface area (TPSA) is 57.0 Å². The van der Waals surface area contributed by atoms with Crippen molar-refractivity contribution in [1.29, 1.82) is 0 Å². The molecule has 0 amide bonds. The number of fused-ring (bicyclic) bond motifs is 1. The Morgan fingerprint density at radius 2 is 2.00 bits per heavy atom. The van der Waals surface area contributed by atoms with E-state index in [1.54, 1.807) is 0 Å². The molecule has 1 aromatic heterocycles. The van der Waals surface area contributed by atoms with Crippen molar-refractivity contribution in [1.82, 2.24) is 15.0 Å². The minimum atomic E-state index is -4.54. The van der Waals surface area contributed by atoms with Crippen LogP contribution in [0.15, 0.2) is 12.1 Å². The predicted octanol–water partition coefficient (Wildman–Crippen LogP) is 3.57. The van der Waals surface area contributed by atoms with Crippen LogP contribution in [0.5, 0.6) is 0 Å². The van der Waals surface area contributed by atoms with E-state index in [1.807, 2.05) is 0 Å². The van der Waals surface area contributed by atoms with Gasteiger partial charge in [-0.15, -0.1) is 19.2 Å². The number of halogens is 3. The van der Waals surface area contributed by atoms with Gasteiger partial charge in [0, 0.05) is 12.2 Å². The molecule has 0 N–H and O–H groups in total. The van der Waals surface area contributed by atoms with E-state index >= 15 is 0 Å². The smallest absolute Gasteiger partial charge is 0.362 e. The molecule has 127 valence electrons. The van der Waals surface area contributed by atoms with Gasteiger partial charge in [0.1, 0.15) is 17.8 Å². The Labute approximate surface area is 132 Å². The molecule has 0 aliphatic carbocycles. The second-order valence-corrected chi connectivity index (χ2v) is 12.1. The number of alkyl halides is 3. The van der Waals surface area contributed by atoms with Crippen molar-refractivity contribution in [3.8, 4) is 0 Å². The zero-order chi connectivity index (χ0) is 17.3. The molecule has 23 heavy (non-hydrogen) atoms. The average molecular weight is 345 g/mol. The Kier molecular flexibility index (Phi) is 4.90. The zero-order valence-corrected chi connectivity index (χ0v) is 14.1. The summed E-state index contributed by atoms with van der Waals surface area (Å²) in [5, 5.41) is 7.50. The number of aldehydes is 1. The van der Waals surface area contributed by atoms with Crippen molar-refractivity contribution in [2.24, 2.45) is 0 Å². The second kappa shape index (κ2) is 6.40. The van der Waals surface area contributed by atoms with E-state index in [2.05, 4.69) is 30.0 Å². The van der Waals surface area contributed by atoms with Crippen LogP contribution in [0, 0.1) is 0 Å². The molecule has 5 nitrogen and oxygen atoms in total. The van der Waals surface area contributed by atoms with Crippen LogP contribution in [-0.4, -0.2) is 36.0 Å². The lowest BCUT2D eigenvalue weighted by molar-refractivity contribution is -0.137. The van der Waals surface area contributed by atoms with Crippen molar-refractivity contribution in [3.63, 3.8) is 0 Å². The first kappa shape index (κ1) is 17.6. The fourth-order valence-electron chi connectivity index (χ4n) is 2.02. The Morgan fingerprint density at radius 1 is 1.30 bits per heavy atom. The lowest BCUT2D eigenvalue weighted by atomic mass is 10.1. The highest BCUT2D eigenvalue weighted by molar-refractivity contribution is 6.76. The summed E-state index contributed by atoms with van der Waals surface area (Å²) in [7, 11) is -1.23. The Morgan fingerprint density at radius 3 is 2.57 bits per heavy atom. The van der Waals surface area contributed by atoms with Crippen molar-refractivity contribution < 1.29 is 22.7 Å². The summed E-state index contributed by atoms with van der Waals surface area (Å²) >= 11 is 0. The number of aromatic nitrogens is 3. The van der Waals surface area contributed by atoms with Crippen LogP contribution in [0.2, 0.25) is 25.7 Å². The molecule has 0 aliphatic rings. The Hall–Kier alpha value is -1.74. The predicted molar refractivity (Wildman–Crippen MR) is 82.0 cm³/mol. The van der Waals surface area contributed by atoms with Gasteiger partial charge in [-0.1, -0.05) is 5.21 Å². The van der Waals surface area contributed by atoms with Crippen molar-refractivity contribution >= 4 is 25.4 Å². The number of nitrogens with zero attached hydrogens (tertiary/aromatic N) is 3. The molecule has 9 heteroatoms. The molecule has 0 unspecified atom stereocenters. The highest BCUT2D eigenvalue weighted by atomic mass is 28.3. The standard InChI is InChI=1S/C14H18F3N3O2Si/c1-23(2,3)5-4-22-9-20-13-10(8-21)6-11(14(15,16)17)7-12(13)18-19-20/h6-8H,4-5,9H2,1-3H3/q-1. The lowest BCUT2D eigenvalue weighted by Gasteiger charge is -2.26. The van der Waals surface area contributed by atoms with Gasteiger partial charge in [0.25, 0.3) is 0 Å². The van der Waals surface area contributed by atoms with Gasteiger partial charge >= 0.3 is 6.18 Å². The molecule has 2 rings (SSSR count). The fourth-order valence-corrected chi connectivity index (χ4v) is 2.78. The maximum absolute atomic E-state index is 12.8. The van der Waals surface area contributed by atoms with Gasteiger partial charge in [0.05, 0.1) is 5.56 Å². The van der Waals surface area contributed by atoms with Crippen LogP contribution < -0.4 is 0 Å². The van der Waals surface area contributed by atoms with Crippen LogP contribution in [-0.2, 0) is 17.6 Å². The normalized spacial score (nSPS) is 12.8. The summed E-state index contributed by atoms with van der Waals surface area (Å²) in [5.41, 5.74) is -0.746. The SMILES string of the molecule is C[Si-](C)(C)CCOCn1nnc2cc(C(F)(F)F)cc(C=O)c21. The highest BCUT2D eigenvalue weighted by Crippen LogP contribution is 2.32. The first-order valence-corrected chi connectivity index (χ1v) is 10.8. The summed E-state index contributed by atoms with van der Waals surface area (Å²) in [4.78, 5) is 11.1. The number of benzene rings is 1. The molecule has 0 fully saturated rings. The van der Waals surface area contributed by atoms with Gasteiger partial charge in [0.15, 0.2) is 6.29 Å². The van der Waals surface area contributed by atoms with E-state index in [9.17, 15) is 18.0 Å². The monoisotopic (exact) mass is 345 g/mol. The van der Waals surface area contributed by atoms with E-state index in [1.165, 1.54) is 4.68 Å². The molecule has 0 saturated heterocycles. The average Bonchev–Trinajstić information content (AvgIpc) is 2.84. The molecular weight excluding hydrogens is 327 g/mol. The minimum Gasteiger partial charge on any atom is -0.362 e. The zero-order valence-electron chi connectivity index (χ0n) is 13.1. The number of carbonyl (C=O) groups is 1. The van der Waals surface area contributed by atoms with E-state index < -0.39 is 19.8 Å². The first-order valence-electron chi connectivity index (χ1n) is 7.09. The quantitative estimate of drug-likeness (QED) is 0.456. The summed E-state index contributed by atoms with van der Waals surface area (Å²) in [6.07, 6.45) is -4.16. The van der Waals surface area contributed by atoms with Gasteiger partial charge in [-0.3, -0.25) is 4.79 Å². The molecule has 2 aromatic rings. The molecule has 0 radical (unpaired) electrons. The lowest BCUT2D eigenvalue weighted by Crippen LogP contribution is -2.22. The maximum Gasteiger partial charge on any atom is 0.416 e. The molecular formula is C14H18F3N3O2Si-. The third kappa shape index (κ3) is 4.38. The van der Waals surface area contributed by atoms with E-state index in [4.69, 9.17) is 4.74 Å². The second-order valence-electron chi connectivity index (χ2n) is 6.49. The molecule has 0 aliphatic heterocycles. The third-order valence-corrected chi connectivity index (χ3v) is 5.01. The summed E-state index contributed by atoms with van der Waals surface area (Å²) in [6, 6.07) is 2.64. The van der Waals surface area contributed by atoms with Gasteiger partial charge in [-0.2, -0.15) is 32.8 Å². The number of hydrogen-bond donors (Lipinski definition) is 0.